The summed E-state index contributed by atoms with van der Waals surface area (Å²) < 4.78 is 0.852. The molecule has 0 radical (unpaired) electrons. The molecule has 1 aromatic carbocycles. The molecule has 0 amide bonds. The second-order valence-electron chi connectivity index (χ2n) is 3.55. The van der Waals surface area contributed by atoms with Gasteiger partial charge in [0.05, 0.1) is 4.47 Å². The molecule has 2 rings (SSSR count). The average molecular weight is 293 g/mol. The predicted octanol–water partition coefficient (Wildman–Crippen LogP) is 2.31. The zero-order valence-electron chi connectivity index (χ0n) is 9.23. The summed E-state index contributed by atoms with van der Waals surface area (Å²) >= 11 is 3.39. The van der Waals surface area contributed by atoms with Gasteiger partial charge in [0.1, 0.15) is 12.1 Å². The van der Waals surface area contributed by atoms with Crippen LogP contribution in [0.2, 0.25) is 0 Å². The lowest BCUT2D eigenvalue weighted by Crippen LogP contribution is -2.07. The molecule has 0 unspecified atom stereocenters. The number of hydrogen-bond donors (Lipinski definition) is 2. The van der Waals surface area contributed by atoms with Crippen molar-refractivity contribution >= 4 is 21.7 Å². The predicted molar refractivity (Wildman–Crippen MR) is 71.4 cm³/mol. The quantitative estimate of drug-likeness (QED) is 0.908. The van der Waals surface area contributed by atoms with Gasteiger partial charge in [0.15, 0.2) is 0 Å². The SMILES string of the molecule is NCc1ccccc1CNc1ncncc1Br. The first-order valence-corrected chi connectivity index (χ1v) is 6.07. The van der Waals surface area contributed by atoms with Gasteiger partial charge < -0.3 is 11.1 Å². The van der Waals surface area contributed by atoms with Gasteiger partial charge in [-0.3, -0.25) is 0 Å². The number of hydrogen-bond acceptors (Lipinski definition) is 4. The maximum atomic E-state index is 5.69. The van der Waals surface area contributed by atoms with Crippen molar-refractivity contribution in [1.82, 2.24) is 9.97 Å². The molecule has 0 atom stereocenters. The van der Waals surface area contributed by atoms with Crippen LogP contribution in [0.25, 0.3) is 0 Å². The number of nitrogens with zero attached hydrogens (tertiary/aromatic N) is 2. The molecule has 0 bridgehead atoms. The van der Waals surface area contributed by atoms with Crippen molar-refractivity contribution in [1.29, 1.82) is 0 Å². The standard InChI is InChI=1S/C12H13BrN4/c13-11-7-15-8-17-12(11)16-6-10-4-2-1-3-9(10)5-14/h1-4,7-8H,5-6,14H2,(H,15,16,17). The van der Waals surface area contributed by atoms with Gasteiger partial charge in [-0.25, -0.2) is 9.97 Å². The molecular formula is C12H13BrN4. The molecule has 1 aromatic heterocycles. The maximum absolute atomic E-state index is 5.69. The fourth-order valence-corrected chi connectivity index (χ4v) is 1.91. The Labute approximate surface area is 108 Å². The Morgan fingerprint density at radius 3 is 2.71 bits per heavy atom. The molecule has 0 spiro atoms. The molecule has 17 heavy (non-hydrogen) atoms. The molecule has 4 nitrogen and oxygen atoms in total. The highest BCUT2D eigenvalue weighted by molar-refractivity contribution is 9.10. The Morgan fingerprint density at radius 1 is 1.24 bits per heavy atom. The van der Waals surface area contributed by atoms with E-state index in [9.17, 15) is 0 Å². The summed E-state index contributed by atoms with van der Waals surface area (Å²) in [6.45, 7) is 1.24. The van der Waals surface area contributed by atoms with Crippen LogP contribution in [-0.4, -0.2) is 9.97 Å². The molecule has 1 heterocycles. The molecule has 88 valence electrons. The zero-order chi connectivity index (χ0) is 12.1. The average Bonchev–Trinajstić information content (AvgIpc) is 2.38. The minimum atomic E-state index is 0.544. The highest BCUT2D eigenvalue weighted by Crippen LogP contribution is 2.18. The van der Waals surface area contributed by atoms with Crippen molar-refractivity contribution in [2.24, 2.45) is 5.73 Å². The number of anilines is 1. The minimum absolute atomic E-state index is 0.544. The van der Waals surface area contributed by atoms with Gasteiger partial charge in [0.2, 0.25) is 0 Å². The van der Waals surface area contributed by atoms with Crippen LogP contribution in [0.4, 0.5) is 5.82 Å². The van der Waals surface area contributed by atoms with E-state index in [2.05, 4.69) is 37.3 Å². The number of aromatic nitrogens is 2. The van der Waals surface area contributed by atoms with E-state index in [1.165, 1.54) is 11.9 Å². The van der Waals surface area contributed by atoms with Crippen LogP contribution in [-0.2, 0) is 13.1 Å². The van der Waals surface area contributed by atoms with Crippen molar-refractivity contribution in [3.8, 4) is 0 Å². The lowest BCUT2D eigenvalue weighted by molar-refractivity contribution is 0.996. The number of nitrogens with one attached hydrogen (secondary N) is 1. The van der Waals surface area contributed by atoms with E-state index in [-0.39, 0.29) is 0 Å². The summed E-state index contributed by atoms with van der Waals surface area (Å²) in [4.78, 5) is 8.06. The summed E-state index contributed by atoms with van der Waals surface area (Å²) in [5.41, 5.74) is 8.01. The first-order chi connectivity index (χ1) is 8.31. The van der Waals surface area contributed by atoms with Crippen molar-refractivity contribution in [3.05, 3.63) is 52.4 Å². The van der Waals surface area contributed by atoms with Gasteiger partial charge in [-0.1, -0.05) is 24.3 Å². The number of benzene rings is 1. The van der Waals surface area contributed by atoms with E-state index >= 15 is 0 Å². The molecule has 0 saturated carbocycles. The van der Waals surface area contributed by atoms with Crippen LogP contribution in [0.3, 0.4) is 0 Å². The third-order valence-electron chi connectivity index (χ3n) is 2.45. The van der Waals surface area contributed by atoms with Gasteiger partial charge in [0, 0.05) is 19.3 Å². The lowest BCUT2D eigenvalue weighted by Gasteiger charge is -2.10. The van der Waals surface area contributed by atoms with Gasteiger partial charge in [-0.2, -0.15) is 0 Å². The summed E-state index contributed by atoms with van der Waals surface area (Å²) in [5.74, 6) is 0.784. The Morgan fingerprint density at radius 2 is 2.00 bits per heavy atom. The maximum Gasteiger partial charge on any atom is 0.144 e. The first-order valence-electron chi connectivity index (χ1n) is 5.27. The molecular weight excluding hydrogens is 280 g/mol. The lowest BCUT2D eigenvalue weighted by atomic mass is 10.1. The molecule has 2 aromatic rings. The van der Waals surface area contributed by atoms with E-state index in [4.69, 9.17) is 5.73 Å². The molecule has 5 heteroatoms. The normalized spacial score (nSPS) is 10.2. The van der Waals surface area contributed by atoms with Crippen molar-refractivity contribution in [2.45, 2.75) is 13.1 Å². The van der Waals surface area contributed by atoms with Crippen LogP contribution in [0, 0.1) is 0 Å². The Balaban J connectivity index is 2.10. The summed E-state index contributed by atoms with van der Waals surface area (Å²) in [7, 11) is 0. The topological polar surface area (TPSA) is 63.8 Å². The van der Waals surface area contributed by atoms with Gasteiger partial charge in [-0.05, 0) is 27.1 Å². The highest BCUT2D eigenvalue weighted by atomic mass is 79.9. The van der Waals surface area contributed by atoms with E-state index in [0.717, 1.165) is 15.9 Å². The summed E-state index contributed by atoms with van der Waals surface area (Å²) in [6.07, 6.45) is 3.23. The van der Waals surface area contributed by atoms with Crippen molar-refractivity contribution in [3.63, 3.8) is 0 Å². The second-order valence-corrected chi connectivity index (χ2v) is 4.40. The largest absolute Gasteiger partial charge is 0.365 e. The van der Waals surface area contributed by atoms with Gasteiger partial charge in [0.25, 0.3) is 0 Å². The van der Waals surface area contributed by atoms with E-state index in [0.29, 0.717) is 13.1 Å². The van der Waals surface area contributed by atoms with Crippen LogP contribution in [0.1, 0.15) is 11.1 Å². The zero-order valence-corrected chi connectivity index (χ0v) is 10.8. The second kappa shape index (κ2) is 5.75. The molecule has 0 saturated heterocycles. The fraction of sp³-hybridized carbons (Fsp3) is 0.167. The fourth-order valence-electron chi connectivity index (χ4n) is 1.55. The van der Waals surface area contributed by atoms with Crippen LogP contribution in [0.5, 0.6) is 0 Å². The van der Waals surface area contributed by atoms with Crippen molar-refractivity contribution in [2.75, 3.05) is 5.32 Å². The molecule has 3 N–H and O–H groups in total. The Kier molecular flexibility index (Phi) is 4.06. The monoisotopic (exact) mass is 292 g/mol. The number of halogens is 1. The summed E-state index contributed by atoms with van der Waals surface area (Å²) in [6, 6.07) is 8.09. The third kappa shape index (κ3) is 3.01. The van der Waals surface area contributed by atoms with E-state index < -0.39 is 0 Å². The van der Waals surface area contributed by atoms with E-state index in [1.807, 2.05) is 18.2 Å². The first kappa shape index (κ1) is 12.0. The molecule has 0 fully saturated rings. The van der Waals surface area contributed by atoms with Gasteiger partial charge >= 0.3 is 0 Å². The number of rotatable bonds is 4. The van der Waals surface area contributed by atoms with E-state index in [1.54, 1.807) is 6.20 Å². The molecule has 0 aliphatic carbocycles. The Hall–Kier alpha value is -1.46. The van der Waals surface area contributed by atoms with Crippen LogP contribution >= 0.6 is 15.9 Å². The highest BCUT2D eigenvalue weighted by Gasteiger charge is 2.02. The van der Waals surface area contributed by atoms with Crippen molar-refractivity contribution < 1.29 is 0 Å². The smallest absolute Gasteiger partial charge is 0.144 e. The van der Waals surface area contributed by atoms with Crippen LogP contribution in [0.15, 0.2) is 41.3 Å². The molecule has 0 aliphatic heterocycles. The molecule has 0 aliphatic rings. The Bertz CT molecular complexity index is 501. The number of nitrogens with two attached hydrogens (primary N) is 1. The minimum Gasteiger partial charge on any atom is -0.365 e. The summed E-state index contributed by atoms with van der Waals surface area (Å²) in [5, 5.41) is 3.25. The van der Waals surface area contributed by atoms with Gasteiger partial charge in [-0.15, -0.1) is 0 Å². The third-order valence-corrected chi connectivity index (χ3v) is 3.03. The van der Waals surface area contributed by atoms with Crippen LogP contribution < -0.4 is 11.1 Å².